The predicted molar refractivity (Wildman–Crippen MR) is 179 cm³/mol. The SMILES string of the molecule is c1ccc2cc(N3c4cc5ccccc5cc4N(c4ccc5ccccc5c4)c4c3ccc3c4CCCC3)ccc2c1. The highest BCUT2D eigenvalue weighted by Crippen LogP contribution is 2.57. The Balaban J connectivity index is 1.38. The number of fused-ring (bicyclic) bond motifs is 7. The van der Waals surface area contributed by atoms with Gasteiger partial charge in [0.2, 0.25) is 0 Å². The molecule has 0 saturated heterocycles. The Labute approximate surface area is 246 Å². The lowest BCUT2D eigenvalue weighted by Crippen LogP contribution is -2.26. The molecule has 7 aromatic carbocycles. The molecule has 0 unspecified atom stereocenters. The van der Waals surface area contributed by atoms with E-state index in [1.165, 1.54) is 90.4 Å². The summed E-state index contributed by atoms with van der Waals surface area (Å²) in [6.45, 7) is 0. The molecule has 2 heteroatoms. The summed E-state index contributed by atoms with van der Waals surface area (Å²) >= 11 is 0. The number of aryl methyl sites for hydroxylation is 1. The first-order chi connectivity index (χ1) is 20.8. The molecule has 0 amide bonds. The van der Waals surface area contributed by atoms with Gasteiger partial charge in [-0.05, 0) is 112 Å². The first-order valence-electron chi connectivity index (χ1n) is 15.1. The summed E-state index contributed by atoms with van der Waals surface area (Å²) in [5.41, 5.74) is 10.4. The molecule has 9 rings (SSSR count). The Hall–Kier alpha value is -5.08. The van der Waals surface area contributed by atoms with Gasteiger partial charge in [-0.3, -0.25) is 0 Å². The van der Waals surface area contributed by atoms with E-state index in [0.717, 1.165) is 12.8 Å². The summed E-state index contributed by atoms with van der Waals surface area (Å²) in [4.78, 5) is 5.07. The first-order valence-corrected chi connectivity index (χ1v) is 15.1. The van der Waals surface area contributed by atoms with Crippen LogP contribution in [-0.4, -0.2) is 0 Å². The molecule has 1 heterocycles. The molecule has 2 aliphatic rings. The van der Waals surface area contributed by atoms with Crippen molar-refractivity contribution < 1.29 is 0 Å². The molecule has 0 bridgehead atoms. The van der Waals surface area contributed by atoms with Crippen molar-refractivity contribution in [1.82, 2.24) is 0 Å². The van der Waals surface area contributed by atoms with Gasteiger partial charge < -0.3 is 9.80 Å². The summed E-state index contributed by atoms with van der Waals surface area (Å²) in [5, 5.41) is 7.57. The van der Waals surface area contributed by atoms with Crippen LogP contribution < -0.4 is 9.80 Å². The zero-order chi connectivity index (χ0) is 27.6. The molecule has 0 aromatic heterocycles. The van der Waals surface area contributed by atoms with Gasteiger partial charge in [0.15, 0.2) is 0 Å². The zero-order valence-electron chi connectivity index (χ0n) is 23.4. The van der Waals surface area contributed by atoms with Crippen molar-refractivity contribution in [3.05, 3.63) is 145 Å². The van der Waals surface area contributed by atoms with E-state index in [4.69, 9.17) is 0 Å². The highest BCUT2D eigenvalue weighted by molar-refractivity contribution is 6.08. The van der Waals surface area contributed by atoms with Crippen LogP contribution in [0, 0.1) is 0 Å². The van der Waals surface area contributed by atoms with Gasteiger partial charge in [-0.25, -0.2) is 0 Å². The number of benzene rings is 7. The Morgan fingerprint density at radius 2 is 0.881 bits per heavy atom. The van der Waals surface area contributed by atoms with E-state index in [1.54, 1.807) is 0 Å². The minimum Gasteiger partial charge on any atom is -0.306 e. The lowest BCUT2D eigenvalue weighted by molar-refractivity contribution is 0.685. The van der Waals surface area contributed by atoms with E-state index in [9.17, 15) is 0 Å². The van der Waals surface area contributed by atoms with Crippen LogP contribution in [0.25, 0.3) is 32.3 Å². The molecule has 1 aliphatic carbocycles. The number of hydrogen-bond donors (Lipinski definition) is 0. The summed E-state index contributed by atoms with van der Waals surface area (Å²) in [5.74, 6) is 0. The van der Waals surface area contributed by atoms with E-state index in [1.807, 2.05) is 0 Å². The lowest BCUT2D eigenvalue weighted by Gasteiger charge is -2.43. The largest absolute Gasteiger partial charge is 0.306 e. The van der Waals surface area contributed by atoms with E-state index < -0.39 is 0 Å². The molecule has 2 nitrogen and oxygen atoms in total. The second kappa shape index (κ2) is 9.22. The average Bonchev–Trinajstić information content (AvgIpc) is 3.05. The minimum absolute atomic E-state index is 1.11. The third-order valence-electron chi connectivity index (χ3n) is 9.25. The smallest absolute Gasteiger partial charge is 0.0738 e. The van der Waals surface area contributed by atoms with Gasteiger partial charge >= 0.3 is 0 Å². The van der Waals surface area contributed by atoms with Crippen molar-refractivity contribution in [2.45, 2.75) is 25.7 Å². The van der Waals surface area contributed by atoms with Crippen LogP contribution >= 0.6 is 0 Å². The van der Waals surface area contributed by atoms with Gasteiger partial charge in [-0.15, -0.1) is 0 Å². The molecule has 0 fully saturated rings. The number of nitrogens with zero attached hydrogens (tertiary/aromatic N) is 2. The molecule has 42 heavy (non-hydrogen) atoms. The molecule has 0 saturated carbocycles. The van der Waals surface area contributed by atoms with Gasteiger partial charge in [0.25, 0.3) is 0 Å². The van der Waals surface area contributed by atoms with Gasteiger partial charge in [0, 0.05) is 11.4 Å². The van der Waals surface area contributed by atoms with Gasteiger partial charge in [0.1, 0.15) is 0 Å². The van der Waals surface area contributed by atoms with E-state index in [-0.39, 0.29) is 0 Å². The topological polar surface area (TPSA) is 6.48 Å². The van der Waals surface area contributed by atoms with Gasteiger partial charge in [0.05, 0.1) is 22.7 Å². The Kier molecular flexibility index (Phi) is 5.18. The molecular weight excluding hydrogens is 508 g/mol. The van der Waals surface area contributed by atoms with Crippen LogP contribution in [0.15, 0.2) is 133 Å². The second-order valence-corrected chi connectivity index (χ2v) is 11.7. The number of anilines is 6. The Morgan fingerprint density at radius 3 is 1.50 bits per heavy atom. The summed E-state index contributed by atoms with van der Waals surface area (Å²) in [6.07, 6.45) is 4.75. The van der Waals surface area contributed by atoms with Crippen molar-refractivity contribution in [3.63, 3.8) is 0 Å². The molecule has 200 valence electrons. The van der Waals surface area contributed by atoms with Crippen molar-refractivity contribution in [2.75, 3.05) is 9.80 Å². The fraction of sp³-hybridized carbons (Fsp3) is 0.100. The lowest BCUT2D eigenvalue weighted by atomic mass is 9.87. The fourth-order valence-corrected chi connectivity index (χ4v) is 7.23. The third kappa shape index (κ3) is 3.58. The quantitative estimate of drug-likeness (QED) is 0.216. The van der Waals surface area contributed by atoms with E-state index >= 15 is 0 Å². The second-order valence-electron chi connectivity index (χ2n) is 11.7. The van der Waals surface area contributed by atoms with Crippen LogP contribution in [0.5, 0.6) is 0 Å². The molecule has 0 radical (unpaired) electrons. The van der Waals surface area contributed by atoms with Crippen molar-refractivity contribution in [2.24, 2.45) is 0 Å². The normalized spacial score (nSPS) is 14.2. The van der Waals surface area contributed by atoms with Crippen LogP contribution in [0.1, 0.15) is 24.0 Å². The van der Waals surface area contributed by atoms with Crippen LogP contribution in [0.3, 0.4) is 0 Å². The first kappa shape index (κ1) is 23.6. The molecule has 1 aliphatic heterocycles. The maximum Gasteiger partial charge on any atom is 0.0738 e. The van der Waals surface area contributed by atoms with Gasteiger partial charge in [-0.1, -0.05) is 91.0 Å². The van der Waals surface area contributed by atoms with Crippen molar-refractivity contribution >= 4 is 66.4 Å². The summed E-state index contributed by atoms with van der Waals surface area (Å²) in [7, 11) is 0. The molecular formula is C40H30N2. The van der Waals surface area contributed by atoms with Gasteiger partial charge in [-0.2, -0.15) is 0 Å². The standard InChI is InChI=1S/C40H30N2/c1-3-12-30-23-34(20-17-27(30)9-1)41-37-22-19-29-11-7-8-16-36(29)40(37)42(35-21-18-28-10-2-4-13-31(28)24-35)39-26-33-15-6-5-14-32(33)25-38(39)41/h1-6,9-10,12-15,17-26H,7-8,11,16H2. The third-order valence-corrected chi connectivity index (χ3v) is 9.25. The van der Waals surface area contributed by atoms with Crippen LogP contribution in [0.2, 0.25) is 0 Å². The monoisotopic (exact) mass is 538 g/mol. The molecule has 0 N–H and O–H groups in total. The average molecular weight is 539 g/mol. The maximum atomic E-state index is 2.56. The number of hydrogen-bond acceptors (Lipinski definition) is 2. The molecule has 0 atom stereocenters. The van der Waals surface area contributed by atoms with Crippen molar-refractivity contribution in [1.29, 1.82) is 0 Å². The Bertz CT molecular complexity index is 2180. The highest BCUT2D eigenvalue weighted by Gasteiger charge is 2.34. The molecule has 7 aromatic rings. The molecule has 0 spiro atoms. The Morgan fingerprint density at radius 1 is 0.381 bits per heavy atom. The van der Waals surface area contributed by atoms with Crippen LogP contribution in [-0.2, 0) is 12.8 Å². The number of rotatable bonds is 2. The predicted octanol–water partition coefficient (Wildman–Crippen LogP) is 11.3. The maximum absolute atomic E-state index is 2.56. The van der Waals surface area contributed by atoms with E-state index in [0.29, 0.717) is 0 Å². The highest BCUT2D eigenvalue weighted by atomic mass is 15.3. The fourth-order valence-electron chi connectivity index (χ4n) is 7.23. The zero-order valence-corrected chi connectivity index (χ0v) is 23.4. The summed E-state index contributed by atoms with van der Waals surface area (Å²) < 4.78 is 0. The van der Waals surface area contributed by atoms with Crippen LogP contribution in [0.4, 0.5) is 34.1 Å². The van der Waals surface area contributed by atoms with Crippen molar-refractivity contribution in [3.8, 4) is 0 Å². The van der Waals surface area contributed by atoms with E-state index in [2.05, 4.69) is 143 Å². The summed E-state index contributed by atoms with van der Waals surface area (Å²) in [6, 6.07) is 49.5. The minimum atomic E-state index is 1.11.